The molecule has 0 aliphatic carbocycles. The summed E-state index contributed by atoms with van der Waals surface area (Å²) in [5.74, 6) is 1.53. The van der Waals surface area contributed by atoms with Crippen LogP contribution in [0.1, 0.15) is 39.5 Å². The fraction of sp³-hybridized carbons (Fsp3) is 0.941. The molecule has 1 rings (SSSR count). The molecule has 1 fully saturated rings. The number of rotatable bonds is 11. The van der Waals surface area contributed by atoms with Crippen molar-refractivity contribution in [1.82, 2.24) is 10.6 Å². The summed E-state index contributed by atoms with van der Waals surface area (Å²) >= 11 is 0. The van der Waals surface area contributed by atoms with Crippen molar-refractivity contribution in [2.75, 3.05) is 53.2 Å². The van der Waals surface area contributed by atoms with Crippen LogP contribution in [0.15, 0.2) is 4.99 Å². The number of aliphatic imine (C=N–C) groups is 1. The third kappa shape index (κ3) is 13.2. The molecule has 0 atom stereocenters. The Bertz CT molecular complexity index is 311. The van der Waals surface area contributed by atoms with E-state index in [1.807, 2.05) is 0 Å². The summed E-state index contributed by atoms with van der Waals surface area (Å²) < 4.78 is 16.6. The lowest BCUT2D eigenvalue weighted by atomic mass is 10.0. The van der Waals surface area contributed by atoms with E-state index in [0.717, 1.165) is 77.8 Å². The van der Waals surface area contributed by atoms with Gasteiger partial charge in [-0.05, 0) is 45.4 Å². The van der Waals surface area contributed by atoms with Gasteiger partial charge in [-0.1, -0.05) is 0 Å². The minimum absolute atomic E-state index is 0. The van der Waals surface area contributed by atoms with Gasteiger partial charge < -0.3 is 24.8 Å². The third-order valence-corrected chi connectivity index (χ3v) is 3.74. The van der Waals surface area contributed by atoms with Crippen molar-refractivity contribution in [1.29, 1.82) is 0 Å². The van der Waals surface area contributed by atoms with Crippen LogP contribution >= 0.6 is 24.0 Å². The number of nitrogens with one attached hydrogen (secondary N) is 2. The van der Waals surface area contributed by atoms with Crippen LogP contribution in [0.4, 0.5) is 0 Å². The van der Waals surface area contributed by atoms with Gasteiger partial charge in [-0.15, -0.1) is 24.0 Å². The minimum atomic E-state index is 0. The summed E-state index contributed by atoms with van der Waals surface area (Å²) in [4.78, 5) is 4.21. The van der Waals surface area contributed by atoms with E-state index in [9.17, 15) is 0 Å². The second kappa shape index (κ2) is 16.4. The van der Waals surface area contributed by atoms with E-state index in [4.69, 9.17) is 14.2 Å². The maximum atomic E-state index is 5.75. The molecule has 7 heteroatoms. The number of hydrogen-bond acceptors (Lipinski definition) is 4. The molecule has 0 aromatic carbocycles. The average molecular weight is 457 g/mol. The zero-order chi connectivity index (χ0) is 16.8. The van der Waals surface area contributed by atoms with Gasteiger partial charge in [0.25, 0.3) is 0 Å². The van der Waals surface area contributed by atoms with Crippen LogP contribution in [0.5, 0.6) is 0 Å². The molecule has 0 saturated carbocycles. The number of hydrogen-bond donors (Lipinski definition) is 2. The second-order valence-electron chi connectivity index (χ2n) is 6.18. The highest BCUT2D eigenvalue weighted by Crippen LogP contribution is 2.14. The van der Waals surface area contributed by atoms with Crippen LogP contribution < -0.4 is 10.6 Å². The molecule has 0 aromatic heterocycles. The predicted octanol–water partition coefficient (Wildman–Crippen LogP) is 2.42. The molecule has 1 saturated heterocycles. The van der Waals surface area contributed by atoms with Crippen LogP contribution in [0, 0.1) is 5.92 Å². The molecule has 0 amide bonds. The molecule has 0 unspecified atom stereocenters. The SMILES string of the molecule is CN=C(NCCCOCC1CCOCC1)NCCCOC(C)C.I. The largest absolute Gasteiger partial charge is 0.381 e. The fourth-order valence-electron chi connectivity index (χ4n) is 2.36. The Morgan fingerprint density at radius 1 is 1.12 bits per heavy atom. The Morgan fingerprint density at radius 2 is 1.75 bits per heavy atom. The summed E-state index contributed by atoms with van der Waals surface area (Å²) in [6, 6.07) is 0. The van der Waals surface area contributed by atoms with Gasteiger partial charge in [0.05, 0.1) is 6.10 Å². The van der Waals surface area contributed by atoms with Crippen LogP contribution in [-0.2, 0) is 14.2 Å². The first kappa shape index (κ1) is 23.9. The first-order chi connectivity index (χ1) is 11.2. The highest BCUT2D eigenvalue weighted by atomic mass is 127. The van der Waals surface area contributed by atoms with Crippen molar-refractivity contribution >= 4 is 29.9 Å². The zero-order valence-electron chi connectivity index (χ0n) is 15.5. The lowest BCUT2D eigenvalue weighted by Crippen LogP contribution is -2.38. The lowest BCUT2D eigenvalue weighted by molar-refractivity contribution is 0.0203. The Morgan fingerprint density at radius 3 is 2.33 bits per heavy atom. The summed E-state index contributed by atoms with van der Waals surface area (Å²) in [7, 11) is 1.79. The molecular formula is C17H36IN3O3. The van der Waals surface area contributed by atoms with Crippen LogP contribution in [0.2, 0.25) is 0 Å². The molecule has 144 valence electrons. The molecule has 1 aliphatic heterocycles. The maximum absolute atomic E-state index is 5.75. The van der Waals surface area contributed by atoms with E-state index >= 15 is 0 Å². The van der Waals surface area contributed by atoms with Crippen molar-refractivity contribution < 1.29 is 14.2 Å². The monoisotopic (exact) mass is 457 g/mol. The molecule has 0 bridgehead atoms. The molecule has 1 aliphatic rings. The van der Waals surface area contributed by atoms with E-state index in [1.165, 1.54) is 0 Å². The highest BCUT2D eigenvalue weighted by molar-refractivity contribution is 14.0. The number of guanidine groups is 1. The van der Waals surface area contributed by atoms with E-state index in [0.29, 0.717) is 12.0 Å². The summed E-state index contributed by atoms with van der Waals surface area (Å²) in [5, 5.41) is 6.60. The molecule has 0 radical (unpaired) electrons. The Kier molecular flexibility index (Phi) is 16.3. The van der Waals surface area contributed by atoms with Crippen molar-refractivity contribution in [3.05, 3.63) is 0 Å². The molecule has 1 heterocycles. The average Bonchev–Trinajstić information content (AvgIpc) is 2.56. The van der Waals surface area contributed by atoms with Gasteiger partial charge in [0.2, 0.25) is 0 Å². The molecule has 0 spiro atoms. The van der Waals surface area contributed by atoms with Crippen molar-refractivity contribution in [2.24, 2.45) is 10.9 Å². The standard InChI is InChI=1S/C17H35N3O3.HI/c1-15(2)23-11-5-9-20-17(18-3)19-8-4-10-22-14-16-6-12-21-13-7-16;/h15-16H,4-14H2,1-3H3,(H2,18,19,20);1H. The van der Waals surface area contributed by atoms with Crippen molar-refractivity contribution in [3.8, 4) is 0 Å². The van der Waals surface area contributed by atoms with E-state index in [2.05, 4.69) is 29.5 Å². The first-order valence-electron chi connectivity index (χ1n) is 8.94. The van der Waals surface area contributed by atoms with Crippen LogP contribution in [-0.4, -0.2) is 65.2 Å². The van der Waals surface area contributed by atoms with Gasteiger partial charge in [0.1, 0.15) is 0 Å². The van der Waals surface area contributed by atoms with Gasteiger partial charge in [-0.2, -0.15) is 0 Å². The summed E-state index contributed by atoms with van der Waals surface area (Å²) in [5.41, 5.74) is 0. The van der Waals surface area contributed by atoms with E-state index < -0.39 is 0 Å². The van der Waals surface area contributed by atoms with E-state index in [1.54, 1.807) is 7.05 Å². The van der Waals surface area contributed by atoms with Gasteiger partial charge in [-0.3, -0.25) is 4.99 Å². The number of ether oxygens (including phenoxy) is 3. The van der Waals surface area contributed by atoms with Gasteiger partial charge in [0, 0.05) is 53.2 Å². The van der Waals surface area contributed by atoms with Crippen LogP contribution in [0.25, 0.3) is 0 Å². The molecular weight excluding hydrogens is 421 g/mol. The zero-order valence-corrected chi connectivity index (χ0v) is 17.8. The quantitative estimate of drug-likeness (QED) is 0.216. The van der Waals surface area contributed by atoms with Gasteiger partial charge in [-0.25, -0.2) is 0 Å². The maximum Gasteiger partial charge on any atom is 0.190 e. The molecule has 6 nitrogen and oxygen atoms in total. The fourth-order valence-corrected chi connectivity index (χ4v) is 2.36. The molecule has 2 N–H and O–H groups in total. The van der Waals surface area contributed by atoms with E-state index in [-0.39, 0.29) is 24.0 Å². The lowest BCUT2D eigenvalue weighted by Gasteiger charge is -2.21. The number of halogens is 1. The Hall–Kier alpha value is -0.120. The third-order valence-electron chi connectivity index (χ3n) is 3.74. The van der Waals surface area contributed by atoms with Crippen LogP contribution in [0.3, 0.4) is 0 Å². The van der Waals surface area contributed by atoms with Gasteiger partial charge in [0.15, 0.2) is 5.96 Å². The Balaban J connectivity index is 0.00000529. The minimum Gasteiger partial charge on any atom is -0.381 e. The molecule has 0 aromatic rings. The number of nitrogens with zero attached hydrogens (tertiary/aromatic N) is 1. The van der Waals surface area contributed by atoms with Crippen molar-refractivity contribution in [3.63, 3.8) is 0 Å². The highest BCUT2D eigenvalue weighted by Gasteiger charge is 2.13. The molecule has 24 heavy (non-hydrogen) atoms. The predicted molar refractivity (Wildman–Crippen MR) is 109 cm³/mol. The van der Waals surface area contributed by atoms with Gasteiger partial charge >= 0.3 is 0 Å². The van der Waals surface area contributed by atoms with Crippen molar-refractivity contribution in [2.45, 2.75) is 45.6 Å². The second-order valence-corrected chi connectivity index (χ2v) is 6.18. The normalized spacial score (nSPS) is 16.1. The summed E-state index contributed by atoms with van der Waals surface area (Å²) in [6.45, 7) is 10.1. The first-order valence-corrected chi connectivity index (χ1v) is 8.94. The smallest absolute Gasteiger partial charge is 0.190 e. The topological polar surface area (TPSA) is 64.1 Å². The summed E-state index contributed by atoms with van der Waals surface area (Å²) in [6.07, 6.45) is 4.53. The Labute approximate surface area is 164 Å².